The highest BCUT2D eigenvalue weighted by Gasteiger charge is 2.30. The minimum atomic E-state index is -4.36. The van der Waals surface area contributed by atoms with E-state index in [0.29, 0.717) is 10.2 Å². The smallest absolute Gasteiger partial charge is 0.387 e. The Morgan fingerprint density at radius 1 is 1.30 bits per heavy atom. The summed E-state index contributed by atoms with van der Waals surface area (Å²) in [5.41, 5.74) is 0.575. The highest BCUT2D eigenvalue weighted by molar-refractivity contribution is 9.10. The molecule has 0 amide bonds. The van der Waals surface area contributed by atoms with Gasteiger partial charge in [0.15, 0.2) is 0 Å². The molecule has 1 atom stereocenters. The first-order valence-corrected chi connectivity index (χ1v) is 7.42. The van der Waals surface area contributed by atoms with Crippen molar-refractivity contribution in [2.75, 3.05) is 11.9 Å². The molecule has 0 saturated carbocycles. The molecule has 0 aliphatic heterocycles. The first-order valence-electron chi connectivity index (χ1n) is 5.68. The molecule has 0 saturated heterocycles. The Labute approximate surface area is 126 Å². The number of alkyl halides is 3. The fourth-order valence-electron chi connectivity index (χ4n) is 1.62. The van der Waals surface area contributed by atoms with Crippen LogP contribution in [-0.4, -0.2) is 11.7 Å². The predicted molar refractivity (Wildman–Crippen MR) is 76.9 cm³/mol. The van der Waals surface area contributed by atoms with Crippen LogP contribution in [0.4, 0.5) is 18.9 Å². The van der Waals surface area contributed by atoms with Crippen molar-refractivity contribution in [3.63, 3.8) is 0 Å². The van der Waals surface area contributed by atoms with Gasteiger partial charge >= 0.3 is 6.18 Å². The zero-order chi connectivity index (χ0) is 14.8. The number of benzene rings is 1. The predicted octanol–water partition coefficient (Wildman–Crippen LogP) is 4.67. The summed E-state index contributed by atoms with van der Waals surface area (Å²) in [5, 5.41) is 16.5. The van der Waals surface area contributed by atoms with E-state index in [1.54, 1.807) is 6.07 Å². The summed E-state index contributed by atoms with van der Waals surface area (Å²) in [6.07, 6.45) is -5.06. The number of rotatable bonds is 4. The van der Waals surface area contributed by atoms with Gasteiger partial charge in [-0.3, -0.25) is 0 Å². The quantitative estimate of drug-likeness (QED) is 0.824. The van der Waals surface area contributed by atoms with Crippen molar-refractivity contribution in [2.45, 2.75) is 12.3 Å². The van der Waals surface area contributed by atoms with Gasteiger partial charge < -0.3 is 10.4 Å². The number of nitrogens with one attached hydrogen (secondary N) is 1. The van der Waals surface area contributed by atoms with Crippen LogP contribution in [0.3, 0.4) is 0 Å². The summed E-state index contributed by atoms with van der Waals surface area (Å²) in [5.74, 6) is 0. The first kappa shape index (κ1) is 15.3. The van der Waals surface area contributed by atoms with Gasteiger partial charge in [0.25, 0.3) is 0 Å². The molecule has 1 heterocycles. The fourth-order valence-corrected chi connectivity index (χ4v) is 2.85. The maximum Gasteiger partial charge on any atom is 0.416 e. The van der Waals surface area contributed by atoms with Gasteiger partial charge in [0, 0.05) is 16.7 Å². The molecule has 2 N–H and O–H groups in total. The van der Waals surface area contributed by atoms with Gasteiger partial charge in [-0.15, -0.1) is 0 Å². The number of thiophene rings is 1. The van der Waals surface area contributed by atoms with Crippen LogP contribution in [0, 0.1) is 0 Å². The molecule has 0 aliphatic rings. The molecule has 0 radical (unpaired) electrons. The second-order valence-corrected chi connectivity index (χ2v) is 5.78. The maximum atomic E-state index is 12.5. The standard InChI is InChI=1S/C13H11BrF3NOS/c14-10-5-9(13(15,16)17)1-2-11(10)18-6-12(19)8-3-4-20-7-8/h1-5,7,12,18-19H,6H2. The molecule has 1 unspecified atom stereocenters. The van der Waals surface area contributed by atoms with Crippen LogP contribution < -0.4 is 5.32 Å². The SMILES string of the molecule is OC(CNc1ccc(C(F)(F)F)cc1Br)c1ccsc1. The van der Waals surface area contributed by atoms with Crippen molar-refractivity contribution < 1.29 is 18.3 Å². The number of halogens is 4. The Morgan fingerprint density at radius 3 is 2.60 bits per heavy atom. The lowest BCUT2D eigenvalue weighted by molar-refractivity contribution is -0.137. The van der Waals surface area contributed by atoms with Crippen LogP contribution in [0.25, 0.3) is 0 Å². The molecule has 7 heteroatoms. The average Bonchev–Trinajstić information content (AvgIpc) is 2.89. The molecule has 0 fully saturated rings. The lowest BCUT2D eigenvalue weighted by Gasteiger charge is -2.14. The monoisotopic (exact) mass is 365 g/mol. The van der Waals surface area contributed by atoms with Gasteiger partial charge in [0.2, 0.25) is 0 Å². The highest BCUT2D eigenvalue weighted by atomic mass is 79.9. The maximum absolute atomic E-state index is 12.5. The van der Waals surface area contributed by atoms with Gasteiger partial charge in [0.1, 0.15) is 0 Å². The highest BCUT2D eigenvalue weighted by Crippen LogP contribution is 2.34. The van der Waals surface area contributed by atoms with E-state index in [-0.39, 0.29) is 6.54 Å². The van der Waals surface area contributed by atoms with Crippen molar-refractivity contribution in [3.05, 3.63) is 50.6 Å². The van der Waals surface area contributed by atoms with E-state index in [9.17, 15) is 18.3 Å². The Kier molecular flexibility index (Phi) is 4.72. The van der Waals surface area contributed by atoms with Crippen LogP contribution in [0.15, 0.2) is 39.5 Å². The van der Waals surface area contributed by atoms with Crippen LogP contribution >= 0.6 is 27.3 Å². The van der Waals surface area contributed by atoms with Crippen LogP contribution in [-0.2, 0) is 6.18 Å². The molecule has 1 aromatic heterocycles. The van der Waals surface area contributed by atoms with Crippen molar-refractivity contribution in [3.8, 4) is 0 Å². The number of hydrogen-bond donors (Lipinski definition) is 2. The Morgan fingerprint density at radius 2 is 2.05 bits per heavy atom. The zero-order valence-corrected chi connectivity index (χ0v) is 12.5. The van der Waals surface area contributed by atoms with Gasteiger partial charge in [-0.25, -0.2) is 0 Å². The third-order valence-corrected chi connectivity index (χ3v) is 4.07. The largest absolute Gasteiger partial charge is 0.416 e. The molecule has 2 nitrogen and oxygen atoms in total. The van der Waals surface area contributed by atoms with Crippen LogP contribution in [0.5, 0.6) is 0 Å². The molecule has 20 heavy (non-hydrogen) atoms. The van der Waals surface area contributed by atoms with Crippen molar-refractivity contribution in [1.29, 1.82) is 0 Å². The second kappa shape index (κ2) is 6.15. The normalized spacial score (nSPS) is 13.2. The summed E-state index contributed by atoms with van der Waals surface area (Å²) < 4.78 is 37.9. The van der Waals surface area contributed by atoms with E-state index in [1.165, 1.54) is 17.4 Å². The molecule has 0 spiro atoms. The van der Waals surface area contributed by atoms with Crippen molar-refractivity contribution in [2.24, 2.45) is 0 Å². The molecular formula is C13H11BrF3NOS. The summed E-state index contributed by atoms with van der Waals surface area (Å²) in [6, 6.07) is 5.16. The number of aliphatic hydroxyl groups is 1. The lowest BCUT2D eigenvalue weighted by Crippen LogP contribution is -2.12. The fraction of sp³-hybridized carbons (Fsp3) is 0.231. The summed E-state index contributed by atoms with van der Waals surface area (Å²) >= 11 is 4.57. The molecule has 0 aliphatic carbocycles. The molecular weight excluding hydrogens is 355 g/mol. The van der Waals surface area contributed by atoms with Crippen LogP contribution in [0.2, 0.25) is 0 Å². The third kappa shape index (κ3) is 3.74. The first-order chi connectivity index (χ1) is 9.38. The number of anilines is 1. The van der Waals surface area contributed by atoms with Gasteiger partial charge in [-0.1, -0.05) is 0 Å². The molecule has 2 rings (SSSR count). The van der Waals surface area contributed by atoms with E-state index in [2.05, 4.69) is 21.2 Å². The van der Waals surface area contributed by atoms with Gasteiger partial charge in [0.05, 0.1) is 11.7 Å². The number of hydrogen-bond acceptors (Lipinski definition) is 3. The Balaban J connectivity index is 2.04. The van der Waals surface area contributed by atoms with Crippen molar-refractivity contribution >= 4 is 33.0 Å². The molecule has 108 valence electrons. The molecule has 1 aromatic carbocycles. The minimum Gasteiger partial charge on any atom is -0.387 e. The Bertz CT molecular complexity index is 571. The summed E-state index contributed by atoms with van der Waals surface area (Å²) in [7, 11) is 0. The van der Waals surface area contributed by atoms with E-state index >= 15 is 0 Å². The minimum absolute atomic E-state index is 0.223. The van der Waals surface area contributed by atoms with Gasteiger partial charge in [-0.2, -0.15) is 24.5 Å². The molecule has 0 bridgehead atoms. The Hall–Kier alpha value is -1.05. The van der Waals surface area contributed by atoms with E-state index in [4.69, 9.17) is 0 Å². The van der Waals surface area contributed by atoms with E-state index in [0.717, 1.165) is 17.7 Å². The zero-order valence-electron chi connectivity index (χ0n) is 10.1. The summed E-state index contributed by atoms with van der Waals surface area (Å²) in [6.45, 7) is 0.223. The van der Waals surface area contributed by atoms with Gasteiger partial charge in [-0.05, 0) is 56.5 Å². The lowest BCUT2D eigenvalue weighted by atomic mass is 10.1. The van der Waals surface area contributed by atoms with Crippen LogP contribution in [0.1, 0.15) is 17.2 Å². The second-order valence-electron chi connectivity index (χ2n) is 4.15. The van der Waals surface area contributed by atoms with E-state index in [1.807, 2.05) is 10.8 Å². The number of aliphatic hydroxyl groups excluding tert-OH is 1. The third-order valence-electron chi connectivity index (χ3n) is 2.71. The van der Waals surface area contributed by atoms with Crippen molar-refractivity contribution in [1.82, 2.24) is 0 Å². The van der Waals surface area contributed by atoms with E-state index < -0.39 is 17.8 Å². The summed E-state index contributed by atoms with van der Waals surface area (Å²) in [4.78, 5) is 0. The molecule has 2 aromatic rings. The average molecular weight is 366 g/mol. The topological polar surface area (TPSA) is 32.3 Å².